The molecule has 2 heterocycles. The smallest absolute Gasteiger partial charge is 0.291 e. The van der Waals surface area contributed by atoms with Crippen LogP contribution in [0.1, 0.15) is 12.5 Å². The van der Waals surface area contributed by atoms with Gasteiger partial charge in [-0.3, -0.25) is 9.59 Å². The highest BCUT2D eigenvalue weighted by atomic mass is 32.1. The molecule has 0 aliphatic rings. The van der Waals surface area contributed by atoms with E-state index in [-0.39, 0.29) is 18.1 Å². The Kier molecular flexibility index (Phi) is 5.71. The number of nitrogens with zero attached hydrogens (tertiary/aromatic N) is 3. The fourth-order valence-electron chi connectivity index (χ4n) is 2.79. The number of nitrogens with one attached hydrogen (secondary N) is 1. The van der Waals surface area contributed by atoms with Crippen molar-refractivity contribution in [1.82, 2.24) is 14.6 Å². The Morgan fingerprint density at radius 2 is 2.00 bits per heavy atom. The van der Waals surface area contributed by atoms with Crippen LogP contribution in [0.4, 0.5) is 5.69 Å². The molecule has 8 nitrogen and oxygen atoms in total. The van der Waals surface area contributed by atoms with Crippen LogP contribution in [0.25, 0.3) is 11.0 Å². The van der Waals surface area contributed by atoms with Crippen molar-refractivity contribution in [3.05, 3.63) is 75.3 Å². The van der Waals surface area contributed by atoms with Crippen LogP contribution in [-0.4, -0.2) is 33.7 Å². The molecule has 1 amide bonds. The molecular weight excluding hydrogens is 404 g/mol. The second-order valence-corrected chi connectivity index (χ2v) is 7.22. The second kappa shape index (κ2) is 8.75. The van der Waals surface area contributed by atoms with Gasteiger partial charge in [-0.1, -0.05) is 35.6 Å². The average Bonchev–Trinajstić information content (AvgIpc) is 3.32. The van der Waals surface area contributed by atoms with E-state index in [2.05, 4.69) is 15.4 Å². The molecule has 152 valence electrons. The molecule has 4 rings (SSSR count). The van der Waals surface area contributed by atoms with Gasteiger partial charge >= 0.3 is 0 Å². The molecule has 0 radical (unpaired) electrons. The van der Waals surface area contributed by atoms with Crippen molar-refractivity contribution >= 4 is 34.0 Å². The number of amides is 1. The second-order valence-electron chi connectivity index (χ2n) is 6.21. The molecule has 4 aromatic rings. The van der Waals surface area contributed by atoms with Gasteiger partial charge in [0, 0.05) is 5.69 Å². The number of thiazole rings is 1. The zero-order valence-corrected chi connectivity index (χ0v) is 16.9. The van der Waals surface area contributed by atoms with Gasteiger partial charge in [-0.25, -0.2) is 4.98 Å². The van der Waals surface area contributed by atoms with Crippen LogP contribution in [0, 0.1) is 0 Å². The SMILES string of the molecule is CCOc1cc(/C=c2\sc3ncnn3c2=O)ccc1OCC(=O)Nc1ccccc1. The highest BCUT2D eigenvalue weighted by molar-refractivity contribution is 7.15. The predicted molar refractivity (Wildman–Crippen MR) is 114 cm³/mol. The predicted octanol–water partition coefficient (Wildman–Crippen LogP) is 2.11. The summed E-state index contributed by atoms with van der Waals surface area (Å²) in [4.78, 5) is 29.1. The fourth-order valence-corrected chi connectivity index (χ4v) is 3.67. The molecule has 0 bridgehead atoms. The Hall–Kier alpha value is -3.72. The molecule has 2 aromatic carbocycles. The van der Waals surface area contributed by atoms with Crippen molar-refractivity contribution in [3.8, 4) is 11.5 Å². The van der Waals surface area contributed by atoms with E-state index in [0.29, 0.717) is 33.3 Å². The maximum absolute atomic E-state index is 12.3. The molecule has 2 aromatic heterocycles. The fraction of sp³-hybridized carbons (Fsp3) is 0.143. The standard InChI is InChI=1S/C21H18N4O4S/c1-2-28-17-10-14(11-18-20(27)25-21(30-18)22-13-23-25)8-9-16(17)29-12-19(26)24-15-6-4-3-5-7-15/h3-11,13H,2,12H2,1H3,(H,24,26)/b18-11-. The van der Waals surface area contributed by atoms with Gasteiger partial charge in [-0.2, -0.15) is 9.61 Å². The Balaban J connectivity index is 1.52. The zero-order valence-electron chi connectivity index (χ0n) is 16.1. The van der Waals surface area contributed by atoms with Crippen LogP contribution < -0.4 is 24.9 Å². The molecule has 0 aliphatic heterocycles. The van der Waals surface area contributed by atoms with Crippen molar-refractivity contribution in [1.29, 1.82) is 0 Å². The van der Waals surface area contributed by atoms with Crippen LogP contribution in [0.15, 0.2) is 59.7 Å². The quantitative estimate of drug-likeness (QED) is 0.490. The summed E-state index contributed by atoms with van der Waals surface area (Å²) in [5.41, 5.74) is 1.25. The number of rotatable bonds is 7. The van der Waals surface area contributed by atoms with E-state index >= 15 is 0 Å². The van der Waals surface area contributed by atoms with E-state index in [1.807, 2.05) is 25.1 Å². The number of fused-ring (bicyclic) bond motifs is 1. The Morgan fingerprint density at radius 1 is 1.17 bits per heavy atom. The van der Waals surface area contributed by atoms with Crippen LogP contribution in [-0.2, 0) is 4.79 Å². The summed E-state index contributed by atoms with van der Waals surface area (Å²) in [6, 6.07) is 14.4. The Morgan fingerprint density at radius 3 is 2.77 bits per heavy atom. The minimum atomic E-state index is -0.273. The summed E-state index contributed by atoms with van der Waals surface area (Å²) in [5.74, 6) is 0.664. The maximum Gasteiger partial charge on any atom is 0.291 e. The molecule has 0 saturated heterocycles. The zero-order chi connectivity index (χ0) is 20.9. The lowest BCUT2D eigenvalue weighted by atomic mass is 10.2. The molecule has 1 N–H and O–H groups in total. The molecule has 0 atom stereocenters. The van der Waals surface area contributed by atoms with Gasteiger partial charge < -0.3 is 14.8 Å². The number of para-hydroxylation sites is 1. The summed E-state index contributed by atoms with van der Waals surface area (Å²) in [7, 11) is 0. The molecule has 30 heavy (non-hydrogen) atoms. The van der Waals surface area contributed by atoms with Crippen molar-refractivity contribution in [2.24, 2.45) is 0 Å². The normalized spacial score (nSPS) is 11.6. The number of anilines is 1. The Labute approximate surface area is 175 Å². The van der Waals surface area contributed by atoms with Gasteiger partial charge in [0.2, 0.25) is 4.96 Å². The number of carbonyl (C=O) groups excluding carboxylic acids is 1. The van der Waals surface area contributed by atoms with E-state index in [4.69, 9.17) is 9.47 Å². The van der Waals surface area contributed by atoms with Gasteiger partial charge in [0.25, 0.3) is 11.5 Å². The van der Waals surface area contributed by atoms with Gasteiger partial charge in [0.05, 0.1) is 11.1 Å². The molecule has 0 saturated carbocycles. The third kappa shape index (κ3) is 4.31. The van der Waals surface area contributed by atoms with E-state index in [1.165, 1.54) is 22.2 Å². The summed E-state index contributed by atoms with van der Waals surface area (Å²) in [6.45, 7) is 2.13. The van der Waals surface area contributed by atoms with Crippen molar-refractivity contribution in [2.45, 2.75) is 6.92 Å². The van der Waals surface area contributed by atoms with Gasteiger partial charge in [0.1, 0.15) is 6.33 Å². The number of benzene rings is 2. The maximum atomic E-state index is 12.3. The van der Waals surface area contributed by atoms with Gasteiger partial charge in [-0.15, -0.1) is 0 Å². The summed E-state index contributed by atoms with van der Waals surface area (Å²) in [6.07, 6.45) is 3.10. The van der Waals surface area contributed by atoms with Gasteiger partial charge in [0.15, 0.2) is 18.1 Å². The molecule has 0 aliphatic carbocycles. The van der Waals surface area contributed by atoms with Crippen molar-refractivity contribution in [3.63, 3.8) is 0 Å². The lowest BCUT2D eigenvalue weighted by molar-refractivity contribution is -0.118. The topological polar surface area (TPSA) is 94.8 Å². The third-order valence-corrected chi connectivity index (χ3v) is 5.08. The molecule has 0 spiro atoms. The minimum Gasteiger partial charge on any atom is -0.490 e. The number of ether oxygens (including phenoxy) is 2. The largest absolute Gasteiger partial charge is 0.490 e. The minimum absolute atomic E-state index is 0.156. The summed E-state index contributed by atoms with van der Waals surface area (Å²) in [5, 5.41) is 6.68. The summed E-state index contributed by atoms with van der Waals surface area (Å²) >= 11 is 1.26. The van der Waals surface area contributed by atoms with Crippen LogP contribution in [0.2, 0.25) is 0 Å². The first-order chi connectivity index (χ1) is 14.6. The van der Waals surface area contributed by atoms with E-state index in [1.54, 1.807) is 36.4 Å². The van der Waals surface area contributed by atoms with E-state index in [9.17, 15) is 9.59 Å². The Bertz CT molecular complexity index is 1280. The van der Waals surface area contributed by atoms with Crippen LogP contribution in [0.5, 0.6) is 11.5 Å². The summed E-state index contributed by atoms with van der Waals surface area (Å²) < 4.78 is 13.1. The molecule has 0 unspecified atom stereocenters. The number of carbonyl (C=O) groups is 1. The lowest BCUT2D eigenvalue weighted by Gasteiger charge is -2.12. The number of aromatic nitrogens is 3. The molecule has 0 fully saturated rings. The first-order valence-corrected chi connectivity index (χ1v) is 10.0. The van der Waals surface area contributed by atoms with Crippen LogP contribution >= 0.6 is 11.3 Å². The molecular formula is C21H18N4O4S. The average molecular weight is 422 g/mol. The lowest BCUT2D eigenvalue weighted by Crippen LogP contribution is -2.23. The van der Waals surface area contributed by atoms with Gasteiger partial charge in [-0.05, 0) is 42.8 Å². The van der Waals surface area contributed by atoms with Crippen molar-refractivity contribution < 1.29 is 14.3 Å². The highest BCUT2D eigenvalue weighted by Gasteiger charge is 2.10. The molecule has 9 heteroatoms. The van der Waals surface area contributed by atoms with Crippen LogP contribution in [0.3, 0.4) is 0 Å². The van der Waals surface area contributed by atoms with Crippen molar-refractivity contribution in [2.75, 3.05) is 18.5 Å². The first kappa shape index (κ1) is 19.6. The highest BCUT2D eigenvalue weighted by Crippen LogP contribution is 2.29. The third-order valence-electron chi connectivity index (χ3n) is 4.10. The monoisotopic (exact) mass is 422 g/mol. The van der Waals surface area contributed by atoms with E-state index < -0.39 is 0 Å². The van der Waals surface area contributed by atoms with E-state index in [0.717, 1.165) is 5.56 Å². The first-order valence-electron chi connectivity index (χ1n) is 9.23. The number of hydrogen-bond donors (Lipinski definition) is 1. The number of hydrogen-bond acceptors (Lipinski definition) is 7.